The fourth-order valence-corrected chi connectivity index (χ4v) is 5.77. The Hall–Kier alpha value is -1.53. The molecule has 3 N–H and O–H groups in total. The van der Waals surface area contributed by atoms with Crippen LogP contribution in [-0.4, -0.2) is 11.0 Å². The van der Waals surface area contributed by atoms with E-state index in [-0.39, 0.29) is 23.2 Å². The number of phenolic OH excluding ortho intramolecular Hbond substituents is 1. The van der Waals surface area contributed by atoms with Crippen molar-refractivity contribution < 1.29 is 9.90 Å². The zero-order valence-electron chi connectivity index (χ0n) is 15.1. The number of amides is 1. The first kappa shape index (κ1) is 17.9. The van der Waals surface area contributed by atoms with E-state index in [2.05, 4.69) is 47.3 Å². The number of anilines is 1. The topological polar surface area (TPSA) is 61.4 Å². The summed E-state index contributed by atoms with van der Waals surface area (Å²) in [6, 6.07) is 5.09. The zero-order chi connectivity index (χ0) is 18.6. The lowest BCUT2D eigenvalue weighted by Gasteiger charge is -2.34. The summed E-state index contributed by atoms with van der Waals surface area (Å²) < 4.78 is 0.852. The largest absolute Gasteiger partial charge is 0.508 e. The van der Waals surface area contributed by atoms with Crippen molar-refractivity contribution in [3.8, 4) is 5.75 Å². The highest BCUT2D eigenvalue weighted by molar-refractivity contribution is 9.10. The molecular weight excluding hydrogens is 412 g/mol. The minimum Gasteiger partial charge on any atom is -0.508 e. The molecule has 1 aromatic carbocycles. The van der Waals surface area contributed by atoms with Gasteiger partial charge in [-0.2, -0.15) is 0 Å². The van der Waals surface area contributed by atoms with Gasteiger partial charge in [-0.15, -0.1) is 11.3 Å². The number of hydrogen-bond acceptors (Lipinski definition) is 4. The van der Waals surface area contributed by atoms with Gasteiger partial charge in [0, 0.05) is 14.9 Å². The lowest BCUT2D eigenvalue weighted by Crippen LogP contribution is -2.38. The second-order valence-corrected chi connectivity index (χ2v) is 10.2. The first-order valence-electron chi connectivity index (χ1n) is 8.94. The standard InChI is InChI=1S/C20H23BrN2O2S/c1-20(2,3)10-4-6-12-15(8-10)26-19-16(12)18(25)22-17(23-19)13-9-11(24)5-7-14(13)21/h5,7,9-10,17,23-24H,4,6,8H2,1-3H3,(H,22,25)/t10-,17-/m0/s1. The number of aromatic hydroxyl groups is 1. The van der Waals surface area contributed by atoms with Crippen LogP contribution in [0.3, 0.4) is 0 Å². The zero-order valence-corrected chi connectivity index (χ0v) is 17.6. The van der Waals surface area contributed by atoms with Gasteiger partial charge in [0.25, 0.3) is 5.91 Å². The number of carbonyl (C=O) groups excluding carboxylic acids is 1. The van der Waals surface area contributed by atoms with E-state index in [1.807, 2.05) is 0 Å². The van der Waals surface area contributed by atoms with Gasteiger partial charge < -0.3 is 15.7 Å². The van der Waals surface area contributed by atoms with Crippen molar-refractivity contribution in [2.75, 3.05) is 5.32 Å². The summed E-state index contributed by atoms with van der Waals surface area (Å²) in [5.41, 5.74) is 3.16. The first-order chi connectivity index (χ1) is 12.2. The average Bonchev–Trinajstić information content (AvgIpc) is 2.94. The number of benzene rings is 1. The molecule has 2 heterocycles. The number of hydrogen-bond donors (Lipinski definition) is 3. The van der Waals surface area contributed by atoms with Crippen molar-refractivity contribution >= 4 is 38.2 Å². The van der Waals surface area contributed by atoms with Crippen LogP contribution in [0.5, 0.6) is 5.75 Å². The Bertz CT molecular complexity index is 885. The van der Waals surface area contributed by atoms with Crippen LogP contribution in [-0.2, 0) is 12.8 Å². The molecule has 1 aromatic heterocycles. The summed E-state index contributed by atoms with van der Waals surface area (Å²) in [7, 11) is 0. The second-order valence-electron chi connectivity index (χ2n) is 8.27. The highest BCUT2D eigenvalue weighted by atomic mass is 79.9. The van der Waals surface area contributed by atoms with Gasteiger partial charge >= 0.3 is 0 Å². The van der Waals surface area contributed by atoms with E-state index in [1.165, 1.54) is 10.4 Å². The smallest absolute Gasteiger partial charge is 0.256 e. The molecule has 0 fully saturated rings. The van der Waals surface area contributed by atoms with Crippen LogP contribution in [0.15, 0.2) is 22.7 Å². The minimum absolute atomic E-state index is 0.0225. The summed E-state index contributed by atoms with van der Waals surface area (Å²) in [6.45, 7) is 6.91. The average molecular weight is 435 g/mol. The van der Waals surface area contributed by atoms with Crippen LogP contribution in [0.25, 0.3) is 0 Å². The third-order valence-electron chi connectivity index (χ3n) is 5.56. The lowest BCUT2D eigenvalue weighted by atomic mass is 9.72. The number of carbonyl (C=O) groups is 1. The second kappa shape index (κ2) is 6.27. The van der Waals surface area contributed by atoms with Crippen molar-refractivity contribution in [3.63, 3.8) is 0 Å². The van der Waals surface area contributed by atoms with Crippen molar-refractivity contribution in [2.24, 2.45) is 11.3 Å². The number of fused-ring (bicyclic) bond motifs is 3. The normalized spacial score (nSPS) is 22.2. The molecule has 0 saturated carbocycles. The quantitative estimate of drug-likeness (QED) is 0.576. The molecule has 0 radical (unpaired) electrons. The van der Waals surface area contributed by atoms with Gasteiger partial charge in [-0.05, 0) is 54.4 Å². The van der Waals surface area contributed by atoms with E-state index in [0.29, 0.717) is 5.92 Å². The minimum atomic E-state index is -0.352. The first-order valence-corrected chi connectivity index (χ1v) is 10.6. The molecule has 0 spiro atoms. The predicted octanol–water partition coefficient (Wildman–Crippen LogP) is 5.22. The van der Waals surface area contributed by atoms with Crippen molar-refractivity contribution in [2.45, 2.75) is 46.2 Å². The van der Waals surface area contributed by atoms with Crippen LogP contribution < -0.4 is 10.6 Å². The Morgan fingerprint density at radius 2 is 2.04 bits per heavy atom. The van der Waals surface area contributed by atoms with Crippen molar-refractivity contribution in [1.82, 2.24) is 5.32 Å². The third kappa shape index (κ3) is 3.03. The highest BCUT2D eigenvalue weighted by Crippen LogP contribution is 2.46. The van der Waals surface area contributed by atoms with Crippen molar-refractivity contribution in [1.29, 1.82) is 0 Å². The van der Waals surface area contributed by atoms with Crippen LogP contribution in [0, 0.1) is 11.3 Å². The van der Waals surface area contributed by atoms with Gasteiger partial charge in [-0.3, -0.25) is 4.79 Å². The molecule has 1 amide bonds. The lowest BCUT2D eigenvalue weighted by molar-refractivity contribution is 0.0934. The molecule has 2 atom stereocenters. The maximum absolute atomic E-state index is 12.9. The van der Waals surface area contributed by atoms with Crippen LogP contribution in [0.1, 0.15) is 59.7 Å². The van der Waals surface area contributed by atoms with Gasteiger partial charge in [0.1, 0.15) is 16.9 Å². The fourth-order valence-electron chi connectivity index (χ4n) is 3.95. The number of thiophene rings is 1. The van der Waals surface area contributed by atoms with Gasteiger partial charge in [-0.1, -0.05) is 36.7 Å². The molecule has 138 valence electrons. The number of rotatable bonds is 1. The number of phenols is 1. The van der Waals surface area contributed by atoms with Gasteiger partial charge in [-0.25, -0.2) is 0 Å². The van der Waals surface area contributed by atoms with Gasteiger partial charge in [0.15, 0.2) is 0 Å². The summed E-state index contributed by atoms with van der Waals surface area (Å²) in [4.78, 5) is 14.2. The Morgan fingerprint density at radius 3 is 2.77 bits per heavy atom. The number of nitrogens with one attached hydrogen (secondary N) is 2. The SMILES string of the molecule is CC(C)(C)[C@H]1CCc2c(sc3c2C(=O)N[C@H](c2cc(O)ccc2Br)N3)C1. The van der Waals surface area contributed by atoms with Gasteiger partial charge in [0.05, 0.1) is 5.56 Å². The third-order valence-corrected chi connectivity index (χ3v) is 7.47. The predicted molar refractivity (Wildman–Crippen MR) is 109 cm³/mol. The Balaban J connectivity index is 1.68. The molecular formula is C20H23BrN2O2S. The van der Waals surface area contributed by atoms with E-state index in [0.717, 1.165) is 39.9 Å². The summed E-state index contributed by atoms with van der Waals surface area (Å²) in [5, 5.41) is 17.3. The molecule has 2 aromatic rings. The molecule has 0 bridgehead atoms. The van der Waals surface area contributed by atoms with Crippen molar-refractivity contribution in [3.05, 3.63) is 44.2 Å². The monoisotopic (exact) mass is 434 g/mol. The van der Waals surface area contributed by atoms with E-state index < -0.39 is 0 Å². The van der Waals surface area contributed by atoms with E-state index >= 15 is 0 Å². The van der Waals surface area contributed by atoms with Crippen LogP contribution >= 0.6 is 27.3 Å². The molecule has 6 heteroatoms. The summed E-state index contributed by atoms with van der Waals surface area (Å²) in [6.07, 6.45) is 2.80. The maximum atomic E-state index is 12.9. The summed E-state index contributed by atoms with van der Waals surface area (Å²) in [5.74, 6) is 0.809. The molecule has 1 aliphatic carbocycles. The Morgan fingerprint density at radius 1 is 1.27 bits per heavy atom. The van der Waals surface area contributed by atoms with E-state index in [9.17, 15) is 9.90 Å². The van der Waals surface area contributed by atoms with Gasteiger partial charge in [0.2, 0.25) is 0 Å². The summed E-state index contributed by atoms with van der Waals surface area (Å²) >= 11 is 5.23. The number of halogens is 1. The molecule has 1 aliphatic heterocycles. The molecule has 4 nitrogen and oxygen atoms in total. The molecule has 0 saturated heterocycles. The molecule has 26 heavy (non-hydrogen) atoms. The molecule has 4 rings (SSSR count). The maximum Gasteiger partial charge on any atom is 0.256 e. The van der Waals surface area contributed by atoms with E-state index in [4.69, 9.17) is 0 Å². The Labute approximate surface area is 166 Å². The molecule has 2 aliphatic rings. The van der Waals surface area contributed by atoms with Crippen LogP contribution in [0.2, 0.25) is 0 Å². The van der Waals surface area contributed by atoms with E-state index in [1.54, 1.807) is 29.5 Å². The van der Waals surface area contributed by atoms with Crippen LogP contribution in [0.4, 0.5) is 5.00 Å². The Kier molecular flexibility index (Phi) is 4.31. The highest BCUT2D eigenvalue weighted by Gasteiger charge is 2.36. The molecule has 0 unspecified atom stereocenters. The fraction of sp³-hybridized carbons (Fsp3) is 0.450.